The minimum Gasteiger partial charge on any atom is -0.494 e. The number of hydrogen-bond acceptors (Lipinski definition) is 4. The maximum atomic E-state index is 12.2. The van der Waals surface area contributed by atoms with Crippen LogP contribution in [0.25, 0.3) is 0 Å². The molecular weight excluding hydrogens is 244 g/mol. The summed E-state index contributed by atoms with van der Waals surface area (Å²) in [6.45, 7) is 1.93. The van der Waals surface area contributed by atoms with Gasteiger partial charge in [-0.3, -0.25) is 4.79 Å². The number of ether oxygens (including phenoxy) is 1. The van der Waals surface area contributed by atoms with Gasteiger partial charge in [-0.1, -0.05) is 6.92 Å². The topological polar surface area (TPSA) is 77.5 Å². The van der Waals surface area contributed by atoms with E-state index in [0.29, 0.717) is 34.9 Å². The number of nitrogens with one attached hydrogen (secondary N) is 1. The van der Waals surface area contributed by atoms with Crippen molar-refractivity contribution >= 4 is 17.3 Å². The van der Waals surface area contributed by atoms with Crippen LogP contribution in [0.15, 0.2) is 34.9 Å². The van der Waals surface area contributed by atoms with Crippen LogP contribution in [-0.2, 0) is 6.42 Å². The smallest absolute Gasteiger partial charge is 0.259 e. The standard InChI is InChI=1S/C14H16N2O3/c1-3-12-10(6-7-19-12)14(17)16-11-5-4-9(15)8-13(11)18-2/h4-8H,3,15H2,1-2H3,(H,16,17). The van der Waals surface area contributed by atoms with Crippen molar-refractivity contribution in [3.05, 3.63) is 41.9 Å². The van der Waals surface area contributed by atoms with Gasteiger partial charge in [-0.15, -0.1) is 0 Å². The van der Waals surface area contributed by atoms with Gasteiger partial charge in [0.15, 0.2) is 0 Å². The zero-order chi connectivity index (χ0) is 13.8. The number of methoxy groups -OCH3 is 1. The molecule has 0 unspecified atom stereocenters. The molecule has 0 saturated heterocycles. The number of amides is 1. The highest BCUT2D eigenvalue weighted by Gasteiger charge is 2.15. The minimum absolute atomic E-state index is 0.228. The van der Waals surface area contributed by atoms with Crippen LogP contribution in [-0.4, -0.2) is 13.0 Å². The summed E-state index contributed by atoms with van der Waals surface area (Å²) in [5.41, 5.74) is 7.35. The molecule has 19 heavy (non-hydrogen) atoms. The summed E-state index contributed by atoms with van der Waals surface area (Å²) >= 11 is 0. The van der Waals surface area contributed by atoms with E-state index < -0.39 is 0 Å². The van der Waals surface area contributed by atoms with Crippen LogP contribution in [0.1, 0.15) is 23.0 Å². The fourth-order valence-electron chi connectivity index (χ4n) is 1.82. The number of nitrogen functional groups attached to an aromatic ring is 1. The van der Waals surface area contributed by atoms with Crippen LogP contribution in [0.3, 0.4) is 0 Å². The van der Waals surface area contributed by atoms with Crippen molar-refractivity contribution in [3.63, 3.8) is 0 Å². The first-order valence-corrected chi connectivity index (χ1v) is 5.97. The molecule has 5 heteroatoms. The second-order valence-corrected chi connectivity index (χ2v) is 4.02. The summed E-state index contributed by atoms with van der Waals surface area (Å²) in [6, 6.07) is 6.72. The minimum atomic E-state index is -0.228. The van der Waals surface area contributed by atoms with Gasteiger partial charge in [0.05, 0.1) is 24.6 Å². The van der Waals surface area contributed by atoms with E-state index in [0.717, 1.165) is 0 Å². The number of hydrogen-bond donors (Lipinski definition) is 2. The highest BCUT2D eigenvalue weighted by Crippen LogP contribution is 2.27. The fraction of sp³-hybridized carbons (Fsp3) is 0.214. The molecule has 0 aliphatic heterocycles. The Labute approximate surface area is 111 Å². The molecule has 2 rings (SSSR count). The molecule has 2 aromatic rings. The number of anilines is 2. The van der Waals surface area contributed by atoms with Gasteiger partial charge < -0.3 is 20.2 Å². The van der Waals surface area contributed by atoms with Crippen LogP contribution in [0.5, 0.6) is 5.75 Å². The first kappa shape index (κ1) is 13.0. The summed E-state index contributed by atoms with van der Waals surface area (Å²) < 4.78 is 10.4. The molecule has 1 aromatic carbocycles. The van der Waals surface area contributed by atoms with E-state index in [1.165, 1.54) is 13.4 Å². The zero-order valence-electron chi connectivity index (χ0n) is 10.9. The Balaban J connectivity index is 2.24. The molecule has 0 fully saturated rings. The number of nitrogens with two attached hydrogens (primary N) is 1. The third-order valence-electron chi connectivity index (χ3n) is 2.78. The van der Waals surface area contributed by atoms with Gasteiger partial charge in [-0.05, 0) is 18.2 Å². The van der Waals surface area contributed by atoms with Crippen LogP contribution in [0.2, 0.25) is 0 Å². The maximum Gasteiger partial charge on any atom is 0.259 e. The van der Waals surface area contributed by atoms with E-state index in [9.17, 15) is 4.79 Å². The van der Waals surface area contributed by atoms with Crippen LogP contribution in [0, 0.1) is 0 Å². The first-order valence-electron chi connectivity index (χ1n) is 5.97. The van der Waals surface area contributed by atoms with E-state index in [4.69, 9.17) is 14.9 Å². The van der Waals surface area contributed by atoms with Crippen molar-refractivity contribution in [2.75, 3.05) is 18.2 Å². The molecule has 1 aromatic heterocycles. The van der Waals surface area contributed by atoms with Crippen molar-refractivity contribution in [3.8, 4) is 5.75 Å². The summed E-state index contributed by atoms with van der Waals surface area (Å²) in [6.07, 6.45) is 2.17. The Morgan fingerprint density at radius 1 is 1.42 bits per heavy atom. The molecule has 0 atom stereocenters. The lowest BCUT2D eigenvalue weighted by molar-refractivity contribution is 0.102. The van der Waals surface area contributed by atoms with E-state index >= 15 is 0 Å². The predicted molar refractivity (Wildman–Crippen MR) is 73.4 cm³/mol. The van der Waals surface area contributed by atoms with E-state index in [-0.39, 0.29) is 5.91 Å². The Morgan fingerprint density at radius 2 is 2.21 bits per heavy atom. The number of benzene rings is 1. The monoisotopic (exact) mass is 260 g/mol. The van der Waals surface area contributed by atoms with E-state index in [2.05, 4.69) is 5.32 Å². The average molecular weight is 260 g/mol. The Bertz CT molecular complexity index is 590. The van der Waals surface area contributed by atoms with Gasteiger partial charge >= 0.3 is 0 Å². The van der Waals surface area contributed by atoms with Crippen molar-refractivity contribution in [2.45, 2.75) is 13.3 Å². The Kier molecular flexibility index (Phi) is 3.75. The third kappa shape index (κ3) is 2.70. The van der Waals surface area contributed by atoms with Gasteiger partial charge in [0.2, 0.25) is 0 Å². The summed E-state index contributed by atoms with van der Waals surface area (Å²) in [7, 11) is 1.53. The maximum absolute atomic E-state index is 12.2. The molecule has 5 nitrogen and oxygen atoms in total. The second-order valence-electron chi connectivity index (χ2n) is 4.02. The first-order chi connectivity index (χ1) is 9.15. The number of carbonyl (C=O) groups is 1. The predicted octanol–water partition coefficient (Wildman–Crippen LogP) is 2.69. The highest BCUT2D eigenvalue weighted by molar-refractivity contribution is 6.05. The molecule has 1 amide bonds. The summed E-state index contributed by atoms with van der Waals surface area (Å²) in [5.74, 6) is 0.954. The third-order valence-corrected chi connectivity index (χ3v) is 2.78. The van der Waals surface area contributed by atoms with Gasteiger partial charge in [0.25, 0.3) is 5.91 Å². The number of rotatable bonds is 4. The number of aryl methyl sites for hydroxylation is 1. The Morgan fingerprint density at radius 3 is 2.89 bits per heavy atom. The summed E-state index contributed by atoms with van der Waals surface area (Å²) in [5, 5.41) is 2.79. The van der Waals surface area contributed by atoms with Crippen molar-refractivity contribution in [1.29, 1.82) is 0 Å². The van der Waals surface area contributed by atoms with E-state index in [1.807, 2.05) is 6.92 Å². The molecule has 0 radical (unpaired) electrons. The largest absolute Gasteiger partial charge is 0.494 e. The van der Waals surface area contributed by atoms with Gasteiger partial charge in [0.1, 0.15) is 11.5 Å². The molecule has 0 saturated carbocycles. The molecular formula is C14H16N2O3. The quantitative estimate of drug-likeness (QED) is 0.828. The molecule has 3 N–H and O–H groups in total. The van der Waals surface area contributed by atoms with Crippen LogP contribution >= 0.6 is 0 Å². The lowest BCUT2D eigenvalue weighted by Gasteiger charge is -2.10. The lowest BCUT2D eigenvalue weighted by Crippen LogP contribution is -2.13. The molecule has 0 spiro atoms. The summed E-state index contributed by atoms with van der Waals surface area (Å²) in [4.78, 5) is 12.2. The SMILES string of the molecule is CCc1occc1C(=O)Nc1ccc(N)cc1OC. The lowest BCUT2D eigenvalue weighted by atomic mass is 10.2. The number of furan rings is 1. The van der Waals surface area contributed by atoms with E-state index in [1.54, 1.807) is 24.3 Å². The van der Waals surface area contributed by atoms with Crippen LogP contribution < -0.4 is 15.8 Å². The van der Waals surface area contributed by atoms with Gasteiger partial charge in [0, 0.05) is 18.2 Å². The highest BCUT2D eigenvalue weighted by atomic mass is 16.5. The average Bonchev–Trinajstić information content (AvgIpc) is 2.89. The molecule has 1 heterocycles. The molecule has 0 aliphatic rings. The van der Waals surface area contributed by atoms with Crippen LogP contribution in [0.4, 0.5) is 11.4 Å². The molecule has 0 bridgehead atoms. The van der Waals surface area contributed by atoms with Crippen molar-refractivity contribution < 1.29 is 13.9 Å². The Hall–Kier alpha value is -2.43. The van der Waals surface area contributed by atoms with Crippen molar-refractivity contribution in [2.24, 2.45) is 0 Å². The fourth-order valence-corrected chi connectivity index (χ4v) is 1.82. The van der Waals surface area contributed by atoms with Crippen molar-refractivity contribution in [1.82, 2.24) is 0 Å². The van der Waals surface area contributed by atoms with Gasteiger partial charge in [-0.25, -0.2) is 0 Å². The molecule has 0 aliphatic carbocycles. The van der Waals surface area contributed by atoms with Gasteiger partial charge in [-0.2, -0.15) is 0 Å². The normalized spacial score (nSPS) is 10.2. The zero-order valence-corrected chi connectivity index (χ0v) is 10.9. The second kappa shape index (κ2) is 5.48. The molecule has 100 valence electrons. The number of carbonyl (C=O) groups excluding carboxylic acids is 1.